The zero-order valence-corrected chi connectivity index (χ0v) is 5.57. The number of nitrogens with zero attached hydrogens (tertiary/aromatic N) is 1. The average molecular weight is 138 g/mol. The van der Waals surface area contributed by atoms with E-state index in [0.29, 0.717) is 0 Å². The van der Waals surface area contributed by atoms with E-state index < -0.39 is 6.10 Å². The number of aliphatic hydroxyl groups is 1. The summed E-state index contributed by atoms with van der Waals surface area (Å²) in [4.78, 5) is 3.81. The van der Waals surface area contributed by atoms with Crippen LogP contribution >= 0.6 is 0 Å². The maximum Gasteiger partial charge on any atom is 0.0913 e. The lowest BCUT2D eigenvalue weighted by Crippen LogP contribution is -2.11. The van der Waals surface area contributed by atoms with Crippen molar-refractivity contribution in [2.45, 2.75) is 6.10 Å². The van der Waals surface area contributed by atoms with Crippen molar-refractivity contribution in [3.05, 3.63) is 30.1 Å². The summed E-state index contributed by atoms with van der Waals surface area (Å²) in [7, 11) is 0. The minimum atomic E-state index is -0.553. The summed E-state index contributed by atoms with van der Waals surface area (Å²) in [5, 5.41) is 9.18. The zero-order valence-electron chi connectivity index (χ0n) is 5.57. The fourth-order valence-electron chi connectivity index (χ4n) is 0.722. The Kier molecular flexibility index (Phi) is 2.36. The first-order valence-electron chi connectivity index (χ1n) is 3.12. The molecule has 1 aromatic rings. The van der Waals surface area contributed by atoms with E-state index in [1.54, 1.807) is 24.5 Å². The normalized spacial score (nSPS) is 13.0. The monoisotopic (exact) mass is 138 g/mol. The summed E-state index contributed by atoms with van der Waals surface area (Å²) in [5.41, 5.74) is 6.05. The summed E-state index contributed by atoms with van der Waals surface area (Å²) >= 11 is 0. The van der Waals surface area contributed by atoms with Gasteiger partial charge in [0.1, 0.15) is 0 Å². The molecule has 10 heavy (non-hydrogen) atoms. The fourth-order valence-corrected chi connectivity index (χ4v) is 0.722. The minimum absolute atomic E-state index is 0.254. The molecule has 0 unspecified atom stereocenters. The van der Waals surface area contributed by atoms with Gasteiger partial charge in [0.15, 0.2) is 0 Å². The number of hydrogen-bond acceptors (Lipinski definition) is 3. The van der Waals surface area contributed by atoms with Gasteiger partial charge in [0.25, 0.3) is 0 Å². The van der Waals surface area contributed by atoms with Crippen LogP contribution in [-0.2, 0) is 0 Å². The molecule has 3 heteroatoms. The third kappa shape index (κ3) is 1.52. The first-order valence-corrected chi connectivity index (χ1v) is 3.12. The van der Waals surface area contributed by atoms with Crippen LogP contribution in [-0.4, -0.2) is 16.6 Å². The topological polar surface area (TPSA) is 59.1 Å². The van der Waals surface area contributed by atoms with Gasteiger partial charge in [0, 0.05) is 18.9 Å². The molecular weight excluding hydrogens is 128 g/mol. The van der Waals surface area contributed by atoms with Crippen molar-refractivity contribution in [3.8, 4) is 0 Å². The van der Waals surface area contributed by atoms with Crippen LogP contribution in [0.25, 0.3) is 0 Å². The van der Waals surface area contributed by atoms with Crippen molar-refractivity contribution in [3.63, 3.8) is 0 Å². The molecule has 0 fully saturated rings. The molecule has 1 heterocycles. The van der Waals surface area contributed by atoms with Crippen molar-refractivity contribution in [2.75, 3.05) is 6.54 Å². The van der Waals surface area contributed by atoms with Crippen LogP contribution < -0.4 is 5.73 Å². The predicted molar refractivity (Wildman–Crippen MR) is 38.3 cm³/mol. The third-order valence-electron chi connectivity index (χ3n) is 1.31. The summed E-state index contributed by atoms with van der Waals surface area (Å²) in [6.45, 7) is 0.254. The average Bonchev–Trinajstić information content (AvgIpc) is 2.05. The van der Waals surface area contributed by atoms with E-state index in [-0.39, 0.29) is 6.54 Å². The van der Waals surface area contributed by atoms with Gasteiger partial charge in [-0.2, -0.15) is 0 Å². The van der Waals surface area contributed by atoms with E-state index in [2.05, 4.69) is 4.98 Å². The van der Waals surface area contributed by atoms with Crippen molar-refractivity contribution in [1.29, 1.82) is 0 Å². The maximum atomic E-state index is 9.18. The van der Waals surface area contributed by atoms with Crippen LogP contribution in [0.1, 0.15) is 11.7 Å². The van der Waals surface area contributed by atoms with Crippen LogP contribution in [0.15, 0.2) is 24.5 Å². The SMILES string of the molecule is NC[C@@H](O)c1ccncc1. The summed E-state index contributed by atoms with van der Waals surface area (Å²) in [6.07, 6.45) is 2.71. The van der Waals surface area contributed by atoms with Gasteiger partial charge >= 0.3 is 0 Å². The van der Waals surface area contributed by atoms with E-state index in [9.17, 15) is 5.11 Å². The number of pyridine rings is 1. The molecule has 0 amide bonds. The molecule has 0 aliphatic carbocycles. The Hall–Kier alpha value is -0.930. The molecule has 0 aliphatic rings. The second-order valence-electron chi connectivity index (χ2n) is 2.03. The van der Waals surface area contributed by atoms with Gasteiger partial charge in [-0.1, -0.05) is 0 Å². The standard InChI is InChI=1S/C7H10N2O/c8-5-7(10)6-1-3-9-4-2-6/h1-4,7,10H,5,8H2/t7-/m1/s1. The number of aliphatic hydroxyl groups excluding tert-OH is 1. The van der Waals surface area contributed by atoms with Crippen LogP contribution in [0.2, 0.25) is 0 Å². The quantitative estimate of drug-likeness (QED) is 0.608. The Morgan fingerprint density at radius 3 is 2.60 bits per heavy atom. The smallest absolute Gasteiger partial charge is 0.0913 e. The highest BCUT2D eigenvalue weighted by Gasteiger charge is 2.01. The summed E-state index contributed by atoms with van der Waals surface area (Å²) in [6, 6.07) is 3.50. The highest BCUT2D eigenvalue weighted by molar-refractivity contribution is 5.12. The van der Waals surface area contributed by atoms with E-state index in [1.165, 1.54) is 0 Å². The molecule has 0 radical (unpaired) electrons. The van der Waals surface area contributed by atoms with Gasteiger partial charge in [-0.25, -0.2) is 0 Å². The molecule has 3 nitrogen and oxygen atoms in total. The molecule has 3 N–H and O–H groups in total. The number of hydrogen-bond donors (Lipinski definition) is 2. The van der Waals surface area contributed by atoms with Crippen LogP contribution in [0.3, 0.4) is 0 Å². The van der Waals surface area contributed by atoms with E-state index in [4.69, 9.17) is 5.73 Å². The maximum absolute atomic E-state index is 9.18. The molecule has 1 aromatic heterocycles. The summed E-state index contributed by atoms with van der Waals surface area (Å²) < 4.78 is 0. The third-order valence-corrected chi connectivity index (χ3v) is 1.31. The molecular formula is C7H10N2O. The molecule has 1 atom stereocenters. The second kappa shape index (κ2) is 3.29. The molecule has 0 aliphatic heterocycles. The van der Waals surface area contributed by atoms with Crippen molar-refractivity contribution >= 4 is 0 Å². The molecule has 54 valence electrons. The van der Waals surface area contributed by atoms with Crippen molar-refractivity contribution < 1.29 is 5.11 Å². The first kappa shape index (κ1) is 7.18. The highest BCUT2D eigenvalue weighted by atomic mass is 16.3. The van der Waals surface area contributed by atoms with Crippen LogP contribution in [0.5, 0.6) is 0 Å². The van der Waals surface area contributed by atoms with Crippen molar-refractivity contribution in [1.82, 2.24) is 4.98 Å². The number of aromatic nitrogens is 1. The Bertz CT molecular complexity index is 188. The highest BCUT2D eigenvalue weighted by Crippen LogP contribution is 2.07. The van der Waals surface area contributed by atoms with E-state index >= 15 is 0 Å². The van der Waals surface area contributed by atoms with E-state index in [1.807, 2.05) is 0 Å². The van der Waals surface area contributed by atoms with Gasteiger partial charge < -0.3 is 10.8 Å². The van der Waals surface area contributed by atoms with Gasteiger partial charge in [-0.05, 0) is 17.7 Å². The predicted octanol–water partition coefficient (Wildman–Crippen LogP) is 0.0737. The Labute approximate surface area is 59.5 Å². The minimum Gasteiger partial charge on any atom is -0.387 e. The zero-order chi connectivity index (χ0) is 7.40. The van der Waals surface area contributed by atoms with Gasteiger partial charge in [0.2, 0.25) is 0 Å². The Balaban J connectivity index is 2.75. The molecule has 0 saturated carbocycles. The van der Waals surface area contributed by atoms with Gasteiger partial charge in [-0.3, -0.25) is 4.98 Å². The van der Waals surface area contributed by atoms with Gasteiger partial charge in [-0.15, -0.1) is 0 Å². The molecule has 1 rings (SSSR count). The lowest BCUT2D eigenvalue weighted by atomic mass is 10.1. The molecule has 0 aromatic carbocycles. The van der Waals surface area contributed by atoms with Crippen LogP contribution in [0, 0.1) is 0 Å². The fraction of sp³-hybridized carbons (Fsp3) is 0.286. The molecule has 0 spiro atoms. The lowest BCUT2D eigenvalue weighted by molar-refractivity contribution is 0.186. The van der Waals surface area contributed by atoms with E-state index in [0.717, 1.165) is 5.56 Å². The van der Waals surface area contributed by atoms with Gasteiger partial charge in [0.05, 0.1) is 6.10 Å². The first-order chi connectivity index (χ1) is 4.84. The molecule has 0 bridgehead atoms. The lowest BCUT2D eigenvalue weighted by Gasteiger charge is -2.05. The van der Waals surface area contributed by atoms with Crippen molar-refractivity contribution in [2.24, 2.45) is 5.73 Å². The molecule has 0 saturated heterocycles. The Morgan fingerprint density at radius 2 is 2.10 bits per heavy atom. The second-order valence-corrected chi connectivity index (χ2v) is 2.03. The Morgan fingerprint density at radius 1 is 1.50 bits per heavy atom. The number of rotatable bonds is 2. The largest absolute Gasteiger partial charge is 0.387 e. The van der Waals surface area contributed by atoms with Crippen LogP contribution in [0.4, 0.5) is 0 Å². The number of nitrogens with two attached hydrogens (primary N) is 1. The summed E-state index contributed by atoms with van der Waals surface area (Å²) in [5.74, 6) is 0.